The Morgan fingerprint density at radius 1 is 1.18 bits per heavy atom. The van der Waals surface area contributed by atoms with Gasteiger partial charge < -0.3 is 0 Å². The van der Waals surface area contributed by atoms with Gasteiger partial charge in [-0.15, -0.1) is 6.58 Å². The van der Waals surface area contributed by atoms with Crippen molar-refractivity contribution in [1.29, 1.82) is 0 Å². The van der Waals surface area contributed by atoms with Crippen LogP contribution in [0.15, 0.2) is 12.7 Å². The third-order valence-electron chi connectivity index (χ3n) is 1.54. The van der Waals surface area contributed by atoms with Gasteiger partial charge in [-0.25, -0.2) is 9.90 Å². The van der Waals surface area contributed by atoms with E-state index in [-0.39, 0.29) is 6.42 Å². The zero-order valence-electron chi connectivity index (χ0n) is 6.84. The van der Waals surface area contributed by atoms with Gasteiger partial charge in [-0.2, -0.15) is 0 Å². The number of hydrogen-bond acceptors (Lipinski definition) is 1. The third kappa shape index (κ3) is 9.21. The minimum Gasteiger partial charge on any atom is -0.247 e. The summed E-state index contributed by atoms with van der Waals surface area (Å²) >= 11 is 0. The third-order valence-corrected chi connectivity index (χ3v) is 1.54. The summed E-state index contributed by atoms with van der Waals surface area (Å²) in [6.45, 7) is 3.60. The van der Waals surface area contributed by atoms with Crippen LogP contribution in [0.5, 0.6) is 0 Å². The van der Waals surface area contributed by atoms with Crippen LogP contribution >= 0.6 is 0 Å². The Bertz CT molecular complexity index is 119. The molecule has 0 aromatic rings. The minimum absolute atomic E-state index is 0.202. The molecule has 0 unspecified atom stereocenters. The molecule has 63 valence electrons. The molecular formula is C9H15O2. The summed E-state index contributed by atoms with van der Waals surface area (Å²) in [7, 11) is 0. The van der Waals surface area contributed by atoms with Gasteiger partial charge in [-0.05, 0) is 19.3 Å². The van der Waals surface area contributed by atoms with Crippen LogP contribution < -0.4 is 0 Å². The van der Waals surface area contributed by atoms with Gasteiger partial charge in [0.05, 0.1) is 6.42 Å². The predicted octanol–water partition coefficient (Wildman–Crippen LogP) is 2.47. The van der Waals surface area contributed by atoms with E-state index in [9.17, 15) is 9.90 Å². The molecule has 0 aromatic carbocycles. The SMILES string of the molecule is C=CCCCCCCC([O])=O. The Labute approximate surface area is 67.9 Å². The van der Waals surface area contributed by atoms with E-state index < -0.39 is 5.97 Å². The van der Waals surface area contributed by atoms with E-state index in [0.717, 1.165) is 32.1 Å². The van der Waals surface area contributed by atoms with Crippen molar-refractivity contribution in [2.75, 3.05) is 0 Å². The molecular weight excluding hydrogens is 140 g/mol. The summed E-state index contributed by atoms with van der Waals surface area (Å²) in [5.74, 6) is -0.936. The molecule has 0 saturated heterocycles. The maximum atomic E-state index is 9.96. The fourth-order valence-corrected chi connectivity index (χ4v) is 0.912. The largest absolute Gasteiger partial charge is 0.355 e. The van der Waals surface area contributed by atoms with E-state index in [0.29, 0.717) is 0 Å². The highest BCUT2D eigenvalue weighted by Gasteiger charge is 1.97. The molecule has 2 heteroatoms. The summed E-state index contributed by atoms with van der Waals surface area (Å²) < 4.78 is 0. The molecule has 0 rings (SSSR count). The Hall–Kier alpha value is -0.790. The Kier molecular flexibility index (Phi) is 6.79. The lowest BCUT2D eigenvalue weighted by Gasteiger charge is -1.94. The van der Waals surface area contributed by atoms with Gasteiger partial charge in [0.1, 0.15) is 0 Å². The molecule has 0 aliphatic carbocycles. The molecule has 0 saturated carbocycles. The van der Waals surface area contributed by atoms with Crippen LogP contribution in [0, 0.1) is 0 Å². The number of hydrogen-bond donors (Lipinski definition) is 0. The molecule has 0 spiro atoms. The zero-order chi connectivity index (χ0) is 8.53. The van der Waals surface area contributed by atoms with E-state index in [1.807, 2.05) is 6.08 Å². The lowest BCUT2D eigenvalue weighted by atomic mass is 10.1. The molecule has 0 aliphatic heterocycles. The van der Waals surface area contributed by atoms with Crippen molar-refractivity contribution in [2.45, 2.75) is 38.5 Å². The zero-order valence-corrected chi connectivity index (χ0v) is 6.84. The molecule has 0 atom stereocenters. The van der Waals surface area contributed by atoms with Crippen molar-refractivity contribution in [3.05, 3.63) is 12.7 Å². The quantitative estimate of drug-likeness (QED) is 0.411. The van der Waals surface area contributed by atoms with Gasteiger partial charge in [0.2, 0.25) is 0 Å². The van der Waals surface area contributed by atoms with Crippen LogP contribution in [-0.2, 0) is 9.90 Å². The number of unbranched alkanes of at least 4 members (excludes halogenated alkanes) is 4. The van der Waals surface area contributed by atoms with Crippen LogP contribution in [0.1, 0.15) is 38.5 Å². The second-order valence-electron chi connectivity index (χ2n) is 2.61. The minimum atomic E-state index is -0.936. The molecule has 0 heterocycles. The normalized spacial score (nSPS) is 9.45. The fourth-order valence-electron chi connectivity index (χ4n) is 0.912. The molecule has 11 heavy (non-hydrogen) atoms. The lowest BCUT2D eigenvalue weighted by molar-refractivity contribution is -0.143. The summed E-state index contributed by atoms with van der Waals surface area (Å²) in [5.41, 5.74) is 0. The highest BCUT2D eigenvalue weighted by atomic mass is 16.4. The van der Waals surface area contributed by atoms with Crippen LogP contribution in [0.2, 0.25) is 0 Å². The van der Waals surface area contributed by atoms with Gasteiger partial charge in [-0.1, -0.05) is 18.9 Å². The monoisotopic (exact) mass is 155 g/mol. The topological polar surface area (TPSA) is 37.0 Å². The first kappa shape index (κ1) is 10.2. The van der Waals surface area contributed by atoms with Crippen LogP contribution in [0.25, 0.3) is 0 Å². The molecule has 2 nitrogen and oxygen atoms in total. The number of carbonyl (C=O) groups excluding carboxylic acids is 1. The van der Waals surface area contributed by atoms with Gasteiger partial charge >= 0.3 is 5.97 Å². The van der Waals surface area contributed by atoms with E-state index in [4.69, 9.17) is 0 Å². The van der Waals surface area contributed by atoms with E-state index in [1.165, 1.54) is 0 Å². The van der Waals surface area contributed by atoms with Crippen LogP contribution in [0.4, 0.5) is 0 Å². The number of rotatable bonds is 7. The Morgan fingerprint density at radius 3 is 2.36 bits per heavy atom. The number of carbonyl (C=O) groups is 1. The average molecular weight is 155 g/mol. The highest BCUT2D eigenvalue weighted by Crippen LogP contribution is 2.05. The van der Waals surface area contributed by atoms with Gasteiger partial charge in [0.15, 0.2) is 0 Å². The standard InChI is InChI=1S/C9H15O2/c1-2-3-4-5-6-7-8-9(10)11/h2H,1,3-8H2. The predicted molar refractivity (Wildman–Crippen MR) is 43.6 cm³/mol. The molecule has 0 aromatic heterocycles. The Morgan fingerprint density at radius 2 is 1.82 bits per heavy atom. The van der Waals surface area contributed by atoms with Crippen molar-refractivity contribution < 1.29 is 9.90 Å². The first-order valence-electron chi connectivity index (χ1n) is 4.08. The molecule has 1 radical (unpaired) electrons. The second-order valence-corrected chi connectivity index (χ2v) is 2.61. The molecule has 0 aliphatic rings. The van der Waals surface area contributed by atoms with Gasteiger partial charge in [0.25, 0.3) is 0 Å². The maximum absolute atomic E-state index is 9.96. The average Bonchev–Trinajstić information content (AvgIpc) is 1.96. The number of allylic oxidation sites excluding steroid dienone is 1. The van der Waals surface area contributed by atoms with E-state index in [1.54, 1.807) is 0 Å². The van der Waals surface area contributed by atoms with E-state index in [2.05, 4.69) is 6.58 Å². The van der Waals surface area contributed by atoms with Crippen LogP contribution in [-0.4, -0.2) is 5.97 Å². The van der Waals surface area contributed by atoms with E-state index >= 15 is 0 Å². The molecule has 0 amide bonds. The smallest absolute Gasteiger partial charge is 0.247 e. The molecule has 0 N–H and O–H groups in total. The molecule has 0 fully saturated rings. The lowest BCUT2D eigenvalue weighted by Crippen LogP contribution is -1.91. The van der Waals surface area contributed by atoms with Gasteiger partial charge in [-0.3, -0.25) is 0 Å². The summed E-state index contributed by atoms with van der Waals surface area (Å²) in [5, 5.41) is 9.96. The summed E-state index contributed by atoms with van der Waals surface area (Å²) in [6, 6.07) is 0. The first-order valence-corrected chi connectivity index (χ1v) is 4.08. The van der Waals surface area contributed by atoms with Gasteiger partial charge in [0, 0.05) is 0 Å². The van der Waals surface area contributed by atoms with Crippen molar-refractivity contribution >= 4 is 5.97 Å². The Balaban J connectivity index is 2.90. The highest BCUT2D eigenvalue weighted by molar-refractivity contribution is 5.66. The summed E-state index contributed by atoms with van der Waals surface area (Å²) in [6.07, 6.45) is 7.08. The van der Waals surface area contributed by atoms with Crippen molar-refractivity contribution in [3.63, 3.8) is 0 Å². The molecule has 0 bridgehead atoms. The fraction of sp³-hybridized carbons (Fsp3) is 0.667. The van der Waals surface area contributed by atoms with Crippen molar-refractivity contribution in [2.24, 2.45) is 0 Å². The second kappa shape index (κ2) is 7.32. The van der Waals surface area contributed by atoms with Crippen molar-refractivity contribution in [3.8, 4) is 0 Å². The first-order chi connectivity index (χ1) is 5.27. The maximum Gasteiger partial charge on any atom is 0.355 e. The van der Waals surface area contributed by atoms with Crippen LogP contribution in [0.3, 0.4) is 0 Å². The summed E-state index contributed by atoms with van der Waals surface area (Å²) in [4.78, 5) is 9.96. The van der Waals surface area contributed by atoms with Crippen molar-refractivity contribution in [1.82, 2.24) is 0 Å².